The lowest BCUT2D eigenvalue weighted by atomic mass is 9.94. The number of phenols is 1. The van der Waals surface area contributed by atoms with Crippen molar-refractivity contribution in [2.24, 2.45) is 0 Å². The molecule has 2 aromatic carbocycles. The Labute approximate surface area is 285 Å². The Hall–Kier alpha value is -4.32. The first-order valence-electron chi connectivity index (χ1n) is 17.0. The summed E-state index contributed by atoms with van der Waals surface area (Å²) in [6, 6.07) is 5.29. The highest BCUT2D eigenvalue weighted by Gasteiger charge is 2.52. The molecule has 6 heterocycles. The molecule has 3 atom stereocenters. The van der Waals surface area contributed by atoms with Gasteiger partial charge in [-0.3, -0.25) is 9.64 Å². The topological polar surface area (TPSA) is 95.9 Å². The molecule has 0 amide bonds. The Balaban J connectivity index is 0.00000193. The van der Waals surface area contributed by atoms with Gasteiger partial charge in [-0.15, -0.1) is 19.6 Å². The highest BCUT2D eigenvalue weighted by Crippen LogP contribution is 2.44. The zero-order valence-corrected chi connectivity index (χ0v) is 27.7. The van der Waals surface area contributed by atoms with Crippen LogP contribution in [-0.2, 0) is 11.2 Å². The number of halogens is 5. The molecule has 0 radical (unpaired) electrons. The van der Waals surface area contributed by atoms with Crippen LogP contribution in [0.25, 0.3) is 32.9 Å². The van der Waals surface area contributed by atoms with E-state index in [1.165, 1.54) is 24.3 Å². The number of aromatic nitrogens is 3. The molecule has 0 aliphatic carbocycles. The van der Waals surface area contributed by atoms with Gasteiger partial charge in [0.15, 0.2) is 5.82 Å². The van der Waals surface area contributed by atoms with Crippen LogP contribution in [0, 0.1) is 24.0 Å². The molecule has 3 saturated heterocycles. The molecule has 2 N–H and O–H groups in total. The van der Waals surface area contributed by atoms with Gasteiger partial charge in [0.25, 0.3) is 0 Å². The van der Waals surface area contributed by atoms with Crippen molar-refractivity contribution in [2.45, 2.75) is 70.0 Å². The second-order valence-corrected chi connectivity index (χ2v) is 13.0. The Morgan fingerprint density at radius 1 is 1.12 bits per heavy atom. The zero-order chi connectivity index (χ0) is 35.4. The summed E-state index contributed by atoms with van der Waals surface area (Å²) < 4.78 is 81.7. The van der Waals surface area contributed by atoms with Crippen molar-refractivity contribution >= 4 is 27.5 Å². The van der Waals surface area contributed by atoms with E-state index in [9.17, 15) is 22.7 Å². The van der Waals surface area contributed by atoms with Gasteiger partial charge >= 0.3 is 12.4 Å². The number of aromatic hydroxyl groups is 1. The predicted molar refractivity (Wildman–Crippen MR) is 178 cm³/mol. The van der Waals surface area contributed by atoms with E-state index < -0.39 is 29.6 Å². The van der Waals surface area contributed by atoms with E-state index in [1.54, 1.807) is 0 Å². The molecule has 9 nitrogen and oxygen atoms in total. The molecule has 2 aromatic heterocycles. The molecular formula is C36H37F5N6O3. The number of hydrogen-bond donors (Lipinski definition) is 2. The number of benzene rings is 2. The number of alkyl halides is 3. The molecule has 0 bridgehead atoms. The average Bonchev–Trinajstić information content (AvgIpc) is 3.58. The van der Waals surface area contributed by atoms with Crippen LogP contribution in [0.1, 0.15) is 50.8 Å². The molecule has 3 fully saturated rings. The van der Waals surface area contributed by atoms with E-state index >= 15 is 4.39 Å². The van der Waals surface area contributed by atoms with Crippen LogP contribution >= 0.6 is 0 Å². The Morgan fingerprint density at radius 3 is 2.72 bits per heavy atom. The number of hydrogen-bond acceptors (Lipinski definition) is 9. The third-order valence-corrected chi connectivity index (χ3v) is 10.2. The molecule has 0 saturated carbocycles. The number of aryl methyl sites for hydroxylation is 1. The van der Waals surface area contributed by atoms with Crippen LogP contribution in [0.5, 0.6) is 11.8 Å². The van der Waals surface area contributed by atoms with Gasteiger partial charge in [0.1, 0.15) is 35.2 Å². The summed E-state index contributed by atoms with van der Waals surface area (Å²) in [5.74, 6) is 1.15. The largest absolute Gasteiger partial charge is 0.522 e. The van der Waals surface area contributed by atoms with Crippen molar-refractivity contribution in [1.29, 1.82) is 0 Å². The summed E-state index contributed by atoms with van der Waals surface area (Å²) in [4.78, 5) is 18.2. The first kappa shape index (κ1) is 34.1. The Kier molecular flexibility index (Phi) is 8.94. The maximum absolute atomic E-state index is 17.0. The molecule has 4 aromatic rings. The number of nitrogens with zero attached hydrogens (tertiary/aromatic N) is 5. The van der Waals surface area contributed by atoms with Crippen LogP contribution in [-0.4, -0.2) is 88.3 Å². The summed E-state index contributed by atoms with van der Waals surface area (Å²) in [5, 5.41) is 15.1. The molecule has 264 valence electrons. The Bertz CT molecular complexity index is 2000. The van der Waals surface area contributed by atoms with Crippen LogP contribution < -0.4 is 15.0 Å². The number of anilines is 1. The minimum absolute atomic E-state index is 0.00489. The molecule has 3 unspecified atom stereocenters. The van der Waals surface area contributed by atoms with Gasteiger partial charge in [0.2, 0.25) is 0 Å². The van der Waals surface area contributed by atoms with Crippen molar-refractivity contribution in [3.8, 4) is 35.4 Å². The maximum Gasteiger partial charge on any atom is 0.522 e. The van der Waals surface area contributed by atoms with Crippen LogP contribution in [0.15, 0.2) is 24.3 Å². The molecule has 4 aliphatic heterocycles. The molecule has 0 spiro atoms. The first-order valence-corrected chi connectivity index (χ1v) is 17.0. The van der Waals surface area contributed by atoms with Crippen molar-refractivity contribution in [2.75, 3.05) is 44.2 Å². The van der Waals surface area contributed by atoms with Crippen molar-refractivity contribution in [3.05, 3.63) is 47.2 Å². The lowest BCUT2D eigenvalue weighted by molar-refractivity contribution is -0.340. The van der Waals surface area contributed by atoms with Gasteiger partial charge < -0.3 is 20.1 Å². The summed E-state index contributed by atoms with van der Waals surface area (Å²) in [6.07, 6.45) is 2.59. The maximum atomic E-state index is 17.0. The fraction of sp³-hybridized carbons (Fsp3) is 0.472. The number of nitrogens with one attached hydrogen (secondary N) is 1. The van der Waals surface area contributed by atoms with Crippen LogP contribution in [0.3, 0.4) is 0 Å². The third kappa shape index (κ3) is 5.95. The minimum Gasteiger partial charge on any atom is -0.508 e. The van der Waals surface area contributed by atoms with Gasteiger partial charge in [0, 0.05) is 43.2 Å². The standard InChI is InChI=1S/C34H31F5N6O3.C2H6/c1-2-22-24(35)6-4-18-12-20(46)13-23(26(18)22)29-28(36)30-27-25(41-29)7-5-19-15-40-9-11-45(19)31(27)43-32(42-30)47-17-33-8-3-10-44(33)16-21(14-33)48-34(37,38)39;1-2/h1,4,6,12-13,19,21,40,46H,3,5,7-11,14-17H2;1-2H3. The van der Waals surface area contributed by atoms with Gasteiger partial charge in [-0.1, -0.05) is 25.8 Å². The van der Waals surface area contributed by atoms with E-state index in [0.29, 0.717) is 67.7 Å². The van der Waals surface area contributed by atoms with E-state index in [4.69, 9.17) is 21.1 Å². The molecule has 14 heteroatoms. The van der Waals surface area contributed by atoms with E-state index in [1.807, 2.05) is 18.7 Å². The normalized spacial score (nSPS) is 23.2. The Morgan fingerprint density at radius 2 is 1.94 bits per heavy atom. The van der Waals surface area contributed by atoms with Gasteiger partial charge in [-0.2, -0.15) is 9.97 Å². The SMILES string of the molecule is C#Cc1c(F)ccc2cc(O)cc(-c3nc4c5c(nc(OCC67CCCN6CC(OC(F)(F)F)C7)nc5c3F)N3CCNCC3CC4)c12.CC. The summed E-state index contributed by atoms with van der Waals surface area (Å²) >= 11 is 0. The van der Waals surface area contributed by atoms with Gasteiger partial charge in [-0.25, -0.2) is 13.8 Å². The van der Waals surface area contributed by atoms with E-state index in [2.05, 4.69) is 25.9 Å². The molecule has 8 rings (SSSR count). The lowest BCUT2D eigenvalue weighted by Gasteiger charge is -2.36. The summed E-state index contributed by atoms with van der Waals surface area (Å²) in [6.45, 7) is 6.67. The second-order valence-electron chi connectivity index (χ2n) is 13.0. The average molecular weight is 697 g/mol. The highest BCUT2D eigenvalue weighted by atomic mass is 19.4. The molecule has 50 heavy (non-hydrogen) atoms. The number of terminal acetylenes is 1. The summed E-state index contributed by atoms with van der Waals surface area (Å²) in [7, 11) is 0. The van der Waals surface area contributed by atoms with Crippen LogP contribution in [0.4, 0.5) is 27.8 Å². The van der Waals surface area contributed by atoms with E-state index in [-0.39, 0.29) is 65.1 Å². The van der Waals surface area contributed by atoms with Gasteiger partial charge in [-0.05, 0) is 62.2 Å². The number of rotatable bonds is 5. The number of phenolic OH excluding ortho intramolecular Hbond substituents is 1. The fourth-order valence-corrected chi connectivity index (χ4v) is 8.12. The number of fused-ring (bicyclic) bond motifs is 4. The number of piperazine rings is 1. The minimum atomic E-state index is -4.75. The van der Waals surface area contributed by atoms with Crippen molar-refractivity contribution < 1.29 is 36.5 Å². The smallest absolute Gasteiger partial charge is 0.508 e. The van der Waals surface area contributed by atoms with E-state index in [0.717, 1.165) is 6.42 Å². The molecule has 4 aliphatic rings. The summed E-state index contributed by atoms with van der Waals surface area (Å²) in [5.41, 5.74) is -0.358. The highest BCUT2D eigenvalue weighted by molar-refractivity contribution is 6.03. The second kappa shape index (κ2) is 13.1. The number of pyridine rings is 1. The molecular weight excluding hydrogens is 659 g/mol. The fourth-order valence-electron chi connectivity index (χ4n) is 8.12. The van der Waals surface area contributed by atoms with Gasteiger partial charge in [0.05, 0.1) is 28.3 Å². The lowest BCUT2D eigenvalue weighted by Crippen LogP contribution is -2.51. The predicted octanol–water partition coefficient (Wildman–Crippen LogP) is 6.08. The number of ether oxygens (including phenoxy) is 2. The first-order chi connectivity index (χ1) is 24.0. The van der Waals surface area contributed by atoms with Crippen LogP contribution in [0.2, 0.25) is 0 Å². The van der Waals surface area contributed by atoms with Crippen molar-refractivity contribution in [3.63, 3.8) is 0 Å². The van der Waals surface area contributed by atoms with Crippen molar-refractivity contribution in [1.82, 2.24) is 25.2 Å². The third-order valence-electron chi connectivity index (χ3n) is 10.2. The zero-order valence-electron chi connectivity index (χ0n) is 27.7. The quantitative estimate of drug-likeness (QED) is 0.190. The monoisotopic (exact) mass is 696 g/mol.